The van der Waals surface area contributed by atoms with E-state index in [-0.39, 0.29) is 18.4 Å². The lowest BCUT2D eigenvalue weighted by Gasteiger charge is -2.39. The van der Waals surface area contributed by atoms with Crippen LogP contribution in [0, 0.1) is 17.3 Å². The Kier molecular flexibility index (Phi) is 4.95. The van der Waals surface area contributed by atoms with E-state index in [1.807, 2.05) is 4.90 Å². The third kappa shape index (κ3) is 4.45. The van der Waals surface area contributed by atoms with Crippen LogP contribution in [0.5, 0.6) is 0 Å². The van der Waals surface area contributed by atoms with E-state index in [0.29, 0.717) is 23.7 Å². The summed E-state index contributed by atoms with van der Waals surface area (Å²) in [7, 11) is 0. The number of carboxylic acids is 1. The van der Waals surface area contributed by atoms with E-state index in [0.717, 1.165) is 32.2 Å². The van der Waals surface area contributed by atoms with Crippen LogP contribution >= 0.6 is 0 Å². The Morgan fingerprint density at radius 3 is 2.57 bits per heavy atom. The molecule has 0 aromatic rings. The highest BCUT2D eigenvalue weighted by Gasteiger charge is 2.36. The van der Waals surface area contributed by atoms with Crippen molar-refractivity contribution < 1.29 is 14.7 Å². The Labute approximate surface area is 127 Å². The van der Waals surface area contributed by atoms with E-state index < -0.39 is 5.97 Å². The number of rotatable bonds is 4. The molecule has 0 aromatic heterocycles. The van der Waals surface area contributed by atoms with Crippen molar-refractivity contribution in [3.63, 3.8) is 0 Å². The fourth-order valence-electron chi connectivity index (χ4n) is 4.64. The minimum atomic E-state index is -0.799. The zero-order valence-electron chi connectivity index (χ0n) is 13.6. The van der Waals surface area contributed by atoms with Crippen molar-refractivity contribution in [1.82, 2.24) is 4.90 Å². The van der Waals surface area contributed by atoms with Crippen LogP contribution in [-0.4, -0.2) is 34.5 Å². The monoisotopic (exact) mass is 295 g/mol. The van der Waals surface area contributed by atoms with E-state index in [1.54, 1.807) is 0 Å². The van der Waals surface area contributed by atoms with Crippen LogP contribution in [0.15, 0.2) is 0 Å². The lowest BCUT2D eigenvalue weighted by molar-refractivity contribution is -0.140. The summed E-state index contributed by atoms with van der Waals surface area (Å²) in [6.45, 7) is 7.61. The summed E-state index contributed by atoms with van der Waals surface area (Å²) in [6, 6.07) is -0.0796. The second kappa shape index (κ2) is 6.37. The molecule has 1 amide bonds. The first-order valence-electron chi connectivity index (χ1n) is 8.28. The van der Waals surface area contributed by atoms with E-state index in [1.165, 1.54) is 6.42 Å². The Bertz CT molecular complexity index is 405. The van der Waals surface area contributed by atoms with Gasteiger partial charge in [-0.3, -0.25) is 9.59 Å². The molecule has 2 rings (SSSR count). The zero-order valence-corrected chi connectivity index (χ0v) is 13.6. The van der Waals surface area contributed by atoms with Gasteiger partial charge in [-0.2, -0.15) is 0 Å². The van der Waals surface area contributed by atoms with Crippen molar-refractivity contribution in [2.45, 2.75) is 71.8 Å². The van der Waals surface area contributed by atoms with Gasteiger partial charge in [0.15, 0.2) is 0 Å². The summed E-state index contributed by atoms with van der Waals surface area (Å²) in [5, 5.41) is 8.96. The van der Waals surface area contributed by atoms with Crippen LogP contribution in [0.3, 0.4) is 0 Å². The maximum absolute atomic E-state index is 12.6. The number of hydrogen-bond donors (Lipinski definition) is 1. The first-order chi connectivity index (χ1) is 9.77. The minimum absolute atomic E-state index is 0.0796. The van der Waals surface area contributed by atoms with Gasteiger partial charge in [0.2, 0.25) is 5.91 Å². The molecule has 1 aliphatic carbocycles. The summed E-state index contributed by atoms with van der Waals surface area (Å²) < 4.78 is 0. The maximum atomic E-state index is 12.6. The fraction of sp³-hybridized carbons (Fsp3) is 0.882. The number of likely N-dealkylation sites (tertiary alicyclic amines) is 1. The predicted octanol–water partition coefficient (Wildman–Crippen LogP) is 3.30. The highest BCUT2D eigenvalue weighted by molar-refractivity contribution is 5.78. The summed E-state index contributed by atoms with van der Waals surface area (Å²) in [4.78, 5) is 25.3. The summed E-state index contributed by atoms with van der Waals surface area (Å²) in [5.74, 6) is 0.517. The predicted molar refractivity (Wildman–Crippen MR) is 81.9 cm³/mol. The minimum Gasteiger partial charge on any atom is -0.481 e. The summed E-state index contributed by atoms with van der Waals surface area (Å²) in [5.41, 5.74) is 0.327. The second-order valence-corrected chi connectivity index (χ2v) is 7.96. The van der Waals surface area contributed by atoms with Gasteiger partial charge in [0.05, 0.1) is 6.42 Å². The quantitative estimate of drug-likeness (QED) is 0.865. The van der Waals surface area contributed by atoms with Crippen LogP contribution in [0.25, 0.3) is 0 Å². The van der Waals surface area contributed by atoms with Crippen molar-refractivity contribution in [2.24, 2.45) is 17.3 Å². The summed E-state index contributed by atoms with van der Waals surface area (Å²) in [6.07, 6.45) is 5.96. The van der Waals surface area contributed by atoms with Gasteiger partial charge in [0.1, 0.15) is 0 Å². The molecular weight excluding hydrogens is 266 g/mol. The number of carbonyl (C=O) groups is 2. The standard InChI is InChI=1S/C17H29NO3/c1-12-7-13(11-17(2,3)10-12)8-15(19)18-6-4-5-14(18)9-16(20)21/h12-14H,4-11H2,1-3H3,(H,20,21). The van der Waals surface area contributed by atoms with Gasteiger partial charge in [-0.15, -0.1) is 0 Å². The van der Waals surface area contributed by atoms with Gasteiger partial charge < -0.3 is 10.0 Å². The van der Waals surface area contributed by atoms with Crippen molar-refractivity contribution in [2.75, 3.05) is 6.54 Å². The smallest absolute Gasteiger partial charge is 0.305 e. The van der Waals surface area contributed by atoms with E-state index >= 15 is 0 Å². The number of amides is 1. The van der Waals surface area contributed by atoms with E-state index in [2.05, 4.69) is 20.8 Å². The molecule has 0 radical (unpaired) electrons. The van der Waals surface area contributed by atoms with Gasteiger partial charge >= 0.3 is 5.97 Å². The number of carboxylic acid groups (broad SMARTS) is 1. The third-order valence-corrected chi connectivity index (χ3v) is 5.05. The topological polar surface area (TPSA) is 57.6 Å². The van der Waals surface area contributed by atoms with E-state index in [9.17, 15) is 9.59 Å². The molecule has 0 spiro atoms. The molecule has 1 N–H and O–H groups in total. The molecule has 3 atom stereocenters. The van der Waals surface area contributed by atoms with Gasteiger partial charge in [-0.1, -0.05) is 20.8 Å². The molecule has 4 nitrogen and oxygen atoms in total. The average Bonchev–Trinajstić information content (AvgIpc) is 2.72. The number of carbonyl (C=O) groups excluding carboxylic acids is 1. The van der Waals surface area contributed by atoms with Crippen LogP contribution in [0.1, 0.15) is 65.7 Å². The highest BCUT2D eigenvalue weighted by atomic mass is 16.4. The SMILES string of the molecule is CC1CC(CC(=O)N2CCCC2CC(=O)O)CC(C)(C)C1. The Morgan fingerprint density at radius 1 is 1.24 bits per heavy atom. The van der Waals surface area contributed by atoms with Crippen LogP contribution in [-0.2, 0) is 9.59 Å². The average molecular weight is 295 g/mol. The Morgan fingerprint density at radius 2 is 1.95 bits per heavy atom. The van der Waals surface area contributed by atoms with E-state index in [4.69, 9.17) is 5.11 Å². The van der Waals surface area contributed by atoms with Crippen LogP contribution < -0.4 is 0 Å². The molecular formula is C17H29NO3. The number of hydrogen-bond acceptors (Lipinski definition) is 2. The van der Waals surface area contributed by atoms with Crippen molar-refractivity contribution in [3.8, 4) is 0 Å². The third-order valence-electron chi connectivity index (χ3n) is 5.05. The fourth-order valence-corrected chi connectivity index (χ4v) is 4.64. The molecule has 1 heterocycles. The van der Waals surface area contributed by atoms with Crippen molar-refractivity contribution in [1.29, 1.82) is 0 Å². The van der Waals surface area contributed by atoms with Gasteiger partial charge in [-0.05, 0) is 49.4 Å². The first-order valence-corrected chi connectivity index (χ1v) is 8.28. The molecule has 1 saturated heterocycles. The van der Waals surface area contributed by atoms with Gasteiger partial charge in [0.25, 0.3) is 0 Å². The van der Waals surface area contributed by atoms with Gasteiger partial charge in [-0.25, -0.2) is 0 Å². The summed E-state index contributed by atoms with van der Waals surface area (Å²) >= 11 is 0. The molecule has 2 fully saturated rings. The van der Waals surface area contributed by atoms with Crippen LogP contribution in [0.2, 0.25) is 0 Å². The molecule has 120 valence electrons. The number of nitrogens with zero attached hydrogens (tertiary/aromatic N) is 1. The lowest BCUT2D eigenvalue weighted by atomic mass is 9.67. The Balaban J connectivity index is 1.92. The van der Waals surface area contributed by atoms with Crippen molar-refractivity contribution in [3.05, 3.63) is 0 Å². The maximum Gasteiger partial charge on any atom is 0.305 e. The first kappa shape index (κ1) is 16.3. The molecule has 0 bridgehead atoms. The molecule has 2 aliphatic rings. The molecule has 21 heavy (non-hydrogen) atoms. The van der Waals surface area contributed by atoms with Crippen LogP contribution in [0.4, 0.5) is 0 Å². The largest absolute Gasteiger partial charge is 0.481 e. The molecule has 4 heteroatoms. The van der Waals surface area contributed by atoms with Crippen molar-refractivity contribution >= 4 is 11.9 Å². The zero-order chi connectivity index (χ0) is 15.6. The number of aliphatic carboxylic acids is 1. The second-order valence-electron chi connectivity index (χ2n) is 7.96. The highest BCUT2D eigenvalue weighted by Crippen LogP contribution is 2.43. The normalized spacial score (nSPS) is 32.1. The molecule has 0 aromatic carbocycles. The molecule has 1 aliphatic heterocycles. The lowest BCUT2D eigenvalue weighted by Crippen LogP contribution is -2.39. The molecule has 3 unspecified atom stereocenters. The molecule has 1 saturated carbocycles. The van der Waals surface area contributed by atoms with Gasteiger partial charge in [0, 0.05) is 19.0 Å². The Hall–Kier alpha value is -1.06.